The molecule has 3 heterocycles. The molecule has 0 aromatic rings. The van der Waals surface area contributed by atoms with E-state index in [0.717, 1.165) is 6.42 Å². The van der Waals surface area contributed by atoms with Crippen LogP contribution in [0.25, 0.3) is 0 Å². The average molecular weight is 295 g/mol. The molecule has 0 unspecified atom stereocenters. The van der Waals surface area contributed by atoms with Crippen LogP contribution < -0.4 is 0 Å². The zero-order valence-electron chi connectivity index (χ0n) is 12.3. The van der Waals surface area contributed by atoms with Gasteiger partial charge in [0.1, 0.15) is 11.5 Å². The number of ether oxygens (including phenoxy) is 2. The Bertz CT molecular complexity index is 488. The summed E-state index contributed by atoms with van der Waals surface area (Å²) >= 11 is 0. The molecule has 3 aliphatic heterocycles. The van der Waals surface area contributed by atoms with Gasteiger partial charge >= 0.3 is 5.97 Å². The number of aliphatic carboxylic acids is 1. The van der Waals surface area contributed by atoms with Crippen molar-refractivity contribution in [2.45, 2.75) is 38.1 Å². The summed E-state index contributed by atoms with van der Waals surface area (Å²) in [5.74, 6) is -2.37. The maximum absolute atomic E-state index is 12.5. The van der Waals surface area contributed by atoms with Gasteiger partial charge in [0.05, 0.1) is 24.7 Å². The third-order valence-electron chi connectivity index (χ3n) is 4.49. The Morgan fingerprint density at radius 2 is 2.38 bits per heavy atom. The number of carbonyl (C=O) groups excluding carboxylic acids is 1. The smallest absolute Gasteiger partial charge is 0.310 e. The first-order valence-electron chi connectivity index (χ1n) is 7.45. The molecule has 6 heteroatoms. The highest BCUT2D eigenvalue weighted by atomic mass is 16.5. The summed E-state index contributed by atoms with van der Waals surface area (Å²) in [7, 11) is 0. The highest BCUT2D eigenvalue weighted by Crippen LogP contribution is 2.51. The molecule has 4 atom stereocenters. The van der Waals surface area contributed by atoms with Crippen molar-refractivity contribution in [1.82, 2.24) is 4.90 Å². The molecule has 2 bridgehead atoms. The fourth-order valence-electron chi connectivity index (χ4n) is 3.62. The van der Waals surface area contributed by atoms with E-state index >= 15 is 0 Å². The second-order valence-corrected chi connectivity index (χ2v) is 6.27. The van der Waals surface area contributed by atoms with Gasteiger partial charge in [0.2, 0.25) is 5.91 Å². The Balaban J connectivity index is 1.65. The summed E-state index contributed by atoms with van der Waals surface area (Å²) in [4.78, 5) is 25.7. The van der Waals surface area contributed by atoms with Crippen LogP contribution in [0.15, 0.2) is 12.2 Å². The molecule has 3 aliphatic rings. The maximum Gasteiger partial charge on any atom is 0.310 e. The Kier molecular flexibility index (Phi) is 3.53. The third kappa shape index (κ3) is 2.26. The Morgan fingerprint density at radius 3 is 3.05 bits per heavy atom. The van der Waals surface area contributed by atoms with E-state index in [2.05, 4.69) is 0 Å². The van der Waals surface area contributed by atoms with Crippen molar-refractivity contribution in [2.75, 3.05) is 19.7 Å². The van der Waals surface area contributed by atoms with Gasteiger partial charge in [0.25, 0.3) is 0 Å². The normalized spacial score (nSPS) is 36.8. The molecule has 0 aromatic carbocycles. The lowest BCUT2D eigenvalue weighted by atomic mass is 9.77. The van der Waals surface area contributed by atoms with Crippen LogP contribution in [0.2, 0.25) is 0 Å². The minimum absolute atomic E-state index is 0.0983. The summed E-state index contributed by atoms with van der Waals surface area (Å²) < 4.78 is 11.3. The van der Waals surface area contributed by atoms with Gasteiger partial charge in [0, 0.05) is 13.2 Å². The lowest BCUT2D eigenvalue weighted by Gasteiger charge is -2.21. The first-order valence-corrected chi connectivity index (χ1v) is 7.45. The van der Waals surface area contributed by atoms with E-state index in [9.17, 15) is 14.7 Å². The van der Waals surface area contributed by atoms with Crippen molar-refractivity contribution in [1.29, 1.82) is 0 Å². The number of carboxylic acid groups (broad SMARTS) is 1. The van der Waals surface area contributed by atoms with E-state index in [1.807, 2.05) is 19.9 Å². The number of nitrogens with zero attached hydrogens (tertiary/aromatic N) is 1. The molecule has 1 spiro atoms. The highest BCUT2D eigenvalue weighted by Gasteiger charge is 2.66. The number of hydrogen-bond acceptors (Lipinski definition) is 4. The minimum atomic E-state index is -0.949. The number of amides is 1. The number of hydrogen-bond donors (Lipinski definition) is 1. The molecule has 21 heavy (non-hydrogen) atoms. The summed E-state index contributed by atoms with van der Waals surface area (Å²) in [5, 5.41) is 9.35. The molecule has 0 aromatic heterocycles. The lowest BCUT2D eigenvalue weighted by molar-refractivity contribution is -0.148. The quantitative estimate of drug-likeness (QED) is 0.576. The number of fused-ring (bicyclic) bond motifs is 1. The number of likely N-dealkylation sites (tertiary alicyclic amines) is 1. The van der Waals surface area contributed by atoms with E-state index in [0.29, 0.717) is 19.7 Å². The fraction of sp³-hybridized carbons (Fsp3) is 0.733. The Labute approximate surface area is 123 Å². The Morgan fingerprint density at radius 1 is 1.62 bits per heavy atom. The van der Waals surface area contributed by atoms with Gasteiger partial charge in [-0.3, -0.25) is 9.59 Å². The third-order valence-corrected chi connectivity index (χ3v) is 4.49. The lowest BCUT2D eigenvalue weighted by Crippen LogP contribution is -2.39. The van der Waals surface area contributed by atoms with E-state index in [1.165, 1.54) is 0 Å². The van der Waals surface area contributed by atoms with E-state index < -0.39 is 29.5 Å². The second kappa shape index (κ2) is 5.10. The molecule has 2 fully saturated rings. The maximum atomic E-state index is 12.5. The highest BCUT2D eigenvalue weighted by molar-refractivity contribution is 5.90. The molecular formula is C15H21NO5. The minimum Gasteiger partial charge on any atom is -0.481 e. The molecule has 0 saturated carbocycles. The monoisotopic (exact) mass is 295 g/mol. The van der Waals surface area contributed by atoms with E-state index in [4.69, 9.17) is 9.47 Å². The second-order valence-electron chi connectivity index (χ2n) is 6.27. The van der Waals surface area contributed by atoms with Crippen molar-refractivity contribution >= 4 is 11.9 Å². The van der Waals surface area contributed by atoms with Crippen LogP contribution >= 0.6 is 0 Å². The summed E-state index contributed by atoms with van der Waals surface area (Å²) in [6, 6.07) is 0. The largest absolute Gasteiger partial charge is 0.481 e. The van der Waals surface area contributed by atoms with Crippen molar-refractivity contribution in [3.05, 3.63) is 12.2 Å². The molecule has 6 nitrogen and oxygen atoms in total. The number of carboxylic acids is 1. The van der Waals surface area contributed by atoms with Crippen LogP contribution in [0.5, 0.6) is 0 Å². The van der Waals surface area contributed by atoms with Gasteiger partial charge in [-0.1, -0.05) is 12.2 Å². The van der Waals surface area contributed by atoms with Crippen LogP contribution in [0.4, 0.5) is 0 Å². The van der Waals surface area contributed by atoms with Crippen molar-refractivity contribution in [2.24, 2.45) is 11.8 Å². The van der Waals surface area contributed by atoms with Crippen molar-refractivity contribution < 1.29 is 24.2 Å². The predicted molar refractivity (Wildman–Crippen MR) is 73.6 cm³/mol. The fourth-order valence-corrected chi connectivity index (χ4v) is 3.62. The molecular weight excluding hydrogens is 274 g/mol. The van der Waals surface area contributed by atoms with Crippen molar-refractivity contribution in [3.63, 3.8) is 0 Å². The van der Waals surface area contributed by atoms with Crippen LogP contribution in [-0.4, -0.2) is 59.4 Å². The van der Waals surface area contributed by atoms with Gasteiger partial charge in [0.15, 0.2) is 0 Å². The summed E-state index contributed by atoms with van der Waals surface area (Å²) in [5.41, 5.74) is -0.719. The number of carbonyl (C=O) groups is 2. The topological polar surface area (TPSA) is 76.1 Å². The molecule has 1 N–H and O–H groups in total. The average Bonchev–Trinajstić information content (AvgIpc) is 3.03. The molecule has 0 aliphatic carbocycles. The van der Waals surface area contributed by atoms with Crippen LogP contribution in [0.3, 0.4) is 0 Å². The SMILES string of the molecule is CC(C)OCCCN1C[C@@]23C=C[C@@H](O2)[C@H](C(=O)O)[C@@H]3C1=O. The zero-order valence-corrected chi connectivity index (χ0v) is 12.3. The molecule has 1 amide bonds. The number of rotatable bonds is 6. The van der Waals surface area contributed by atoms with Gasteiger partial charge in [-0.15, -0.1) is 0 Å². The van der Waals surface area contributed by atoms with Gasteiger partial charge < -0.3 is 19.5 Å². The van der Waals surface area contributed by atoms with Gasteiger partial charge in [-0.25, -0.2) is 0 Å². The summed E-state index contributed by atoms with van der Waals surface area (Å²) in [6.45, 7) is 5.58. The molecule has 116 valence electrons. The van der Waals surface area contributed by atoms with Crippen LogP contribution in [-0.2, 0) is 19.1 Å². The first kappa shape index (κ1) is 14.5. The van der Waals surface area contributed by atoms with E-state index in [1.54, 1.807) is 11.0 Å². The standard InChI is InChI=1S/C15H21NO5/c1-9(2)20-7-3-6-16-8-15-5-4-10(21-15)11(14(18)19)12(15)13(16)17/h4-5,9-12H,3,6-8H2,1-2H3,(H,18,19)/t10-,11+,12-,15-/m1/s1. The van der Waals surface area contributed by atoms with Crippen LogP contribution in [0, 0.1) is 11.8 Å². The van der Waals surface area contributed by atoms with Crippen LogP contribution in [0.1, 0.15) is 20.3 Å². The first-order chi connectivity index (χ1) is 9.94. The zero-order chi connectivity index (χ0) is 15.2. The molecule has 0 radical (unpaired) electrons. The molecule has 3 rings (SSSR count). The molecule has 2 saturated heterocycles. The van der Waals surface area contributed by atoms with E-state index in [-0.39, 0.29) is 12.0 Å². The summed E-state index contributed by atoms with van der Waals surface area (Å²) in [6.07, 6.45) is 4.13. The Hall–Kier alpha value is -1.40. The van der Waals surface area contributed by atoms with Crippen molar-refractivity contribution in [3.8, 4) is 0 Å². The predicted octanol–water partition coefficient (Wildman–Crippen LogP) is 0.668. The van der Waals surface area contributed by atoms with Gasteiger partial charge in [-0.05, 0) is 20.3 Å². The van der Waals surface area contributed by atoms with Gasteiger partial charge in [-0.2, -0.15) is 0 Å².